The fourth-order valence-electron chi connectivity index (χ4n) is 2.94. The third kappa shape index (κ3) is 5.17. The number of hydrogen-bond acceptors (Lipinski definition) is 6. The summed E-state index contributed by atoms with van der Waals surface area (Å²) in [7, 11) is -3.05. The van der Waals surface area contributed by atoms with E-state index < -0.39 is 15.9 Å². The molecule has 2 heterocycles. The highest BCUT2D eigenvalue weighted by Gasteiger charge is 2.28. The van der Waals surface area contributed by atoms with Gasteiger partial charge in [0.15, 0.2) is 9.84 Å². The van der Waals surface area contributed by atoms with Gasteiger partial charge < -0.3 is 10.2 Å². The second kappa shape index (κ2) is 8.40. The number of hydrogen-bond donors (Lipinski definition) is 1. The van der Waals surface area contributed by atoms with Crippen LogP contribution in [0.1, 0.15) is 18.2 Å². The van der Waals surface area contributed by atoms with Gasteiger partial charge in [-0.3, -0.25) is 9.59 Å². The van der Waals surface area contributed by atoms with Crippen LogP contribution in [-0.4, -0.2) is 60.8 Å². The lowest BCUT2D eigenvalue weighted by atomic mass is 10.2. The van der Waals surface area contributed by atoms with Gasteiger partial charge in [-0.25, -0.2) is 13.4 Å². The molecule has 0 radical (unpaired) electrons. The van der Waals surface area contributed by atoms with Gasteiger partial charge in [-0.15, -0.1) is 11.3 Å². The van der Waals surface area contributed by atoms with E-state index in [0.717, 1.165) is 10.6 Å². The Morgan fingerprint density at radius 3 is 2.50 bits per heavy atom. The van der Waals surface area contributed by atoms with Crippen LogP contribution in [-0.2, 0) is 25.8 Å². The molecule has 0 aliphatic carbocycles. The second-order valence-corrected chi connectivity index (χ2v) is 10.1. The number of thiazole rings is 1. The molecule has 1 unspecified atom stereocenters. The van der Waals surface area contributed by atoms with E-state index in [2.05, 4.69) is 10.3 Å². The highest BCUT2D eigenvalue weighted by molar-refractivity contribution is 7.91. The minimum Gasteiger partial charge on any atom is -0.344 e. The largest absolute Gasteiger partial charge is 0.344 e. The molecule has 1 saturated heterocycles. The lowest BCUT2D eigenvalue weighted by Crippen LogP contribution is -2.51. The van der Waals surface area contributed by atoms with E-state index in [1.54, 1.807) is 6.92 Å². The van der Waals surface area contributed by atoms with Gasteiger partial charge in [0.05, 0.1) is 23.6 Å². The standard InChI is InChI=1S/C19H23N3O4S2/c1-13-3-5-15(6-4-13)18-21-16(12-27-18)11-17(23)20-14(2)19(24)22-7-9-28(25,26)10-8-22/h3-6,12,14H,7-11H2,1-2H3,(H,20,23). The zero-order valence-electron chi connectivity index (χ0n) is 15.8. The number of nitrogens with one attached hydrogen (secondary N) is 1. The van der Waals surface area contributed by atoms with Crippen molar-refractivity contribution in [1.29, 1.82) is 0 Å². The Morgan fingerprint density at radius 1 is 1.21 bits per heavy atom. The maximum Gasteiger partial charge on any atom is 0.244 e. The molecule has 2 aromatic rings. The number of carbonyl (C=O) groups excluding carboxylic acids is 2. The number of rotatable bonds is 5. The van der Waals surface area contributed by atoms with E-state index >= 15 is 0 Å². The van der Waals surface area contributed by atoms with Crippen LogP contribution in [0.15, 0.2) is 29.6 Å². The molecular formula is C19H23N3O4S2. The molecule has 3 rings (SSSR count). The highest BCUT2D eigenvalue weighted by Crippen LogP contribution is 2.24. The van der Waals surface area contributed by atoms with Crippen molar-refractivity contribution in [2.24, 2.45) is 0 Å². The first kappa shape index (κ1) is 20.5. The van der Waals surface area contributed by atoms with Crippen molar-refractivity contribution in [1.82, 2.24) is 15.2 Å². The summed E-state index contributed by atoms with van der Waals surface area (Å²) in [5.74, 6) is -0.604. The first-order valence-electron chi connectivity index (χ1n) is 9.03. The van der Waals surface area contributed by atoms with Crippen LogP contribution in [0.25, 0.3) is 10.6 Å². The van der Waals surface area contributed by atoms with Crippen LogP contribution in [0, 0.1) is 6.92 Å². The van der Waals surface area contributed by atoms with Gasteiger partial charge in [0, 0.05) is 24.0 Å². The van der Waals surface area contributed by atoms with Crippen LogP contribution in [0.4, 0.5) is 0 Å². The zero-order chi connectivity index (χ0) is 20.3. The van der Waals surface area contributed by atoms with Crippen LogP contribution in [0.2, 0.25) is 0 Å². The number of sulfone groups is 1. The van der Waals surface area contributed by atoms with Crippen LogP contribution in [0.3, 0.4) is 0 Å². The van der Waals surface area contributed by atoms with Gasteiger partial charge in [-0.2, -0.15) is 0 Å². The molecule has 1 aliphatic rings. The third-order valence-corrected chi connectivity index (χ3v) is 7.15. The Hall–Kier alpha value is -2.26. The van der Waals surface area contributed by atoms with Crippen molar-refractivity contribution >= 4 is 33.0 Å². The highest BCUT2D eigenvalue weighted by atomic mass is 32.2. The summed E-state index contributed by atoms with van der Waals surface area (Å²) in [6, 6.07) is 7.32. The molecule has 1 fully saturated rings. The summed E-state index contributed by atoms with van der Waals surface area (Å²) in [6.07, 6.45) is 0.0916. The average Bonchev–Trinajstić information content (AvgIpc) is 3.10. The number of amides is 2. The Kier molecular flexibility index (Phi) is 6.14. The first-order chi connectivity index (χ1) is 13.2. The molecule has 7 nitrogen and oxygen atoms in total. The van der Waals surface area contributed by atoms with Gasteiger partial charge >= 0.3 is 0 Å². The Labute approximate surface area is 168 Å². The average molecular weight is 422 g/mol. The maximum atomic E-state index is 12.4. The first-order valence-corrected chi connectivity index (χ1v) is 11.7. The Morgan fingerprint density at radius 2 is 1.86 bits per heavy atom. The molecule has 1 N–H and O–H groups in total. The Balaban J connectivity index is 1.54. The minimum atomic E-state index is -3.05. The van der Waals surface area contributed by atoms with Crippen LogP contribution in [0.5, 0.6) is 0 Å². The smallest absolute Gasteiger partial charge is 0.244 e. The van der Waals surface area contributed by atoms with E-state index in [9.17, 15) is 18.0 Å². The number of nitrogens with zero attached hydrogens (tertiary/aromatic N) is 2. The van der Waals surface area contributed by atoms with Crippen molar-refractivity contribution in [2.75, 3.05) is 24.6 Å². The summed E-state index contributed by atoms with van der Waals surface area (Å²) in [4.78, 5) is 30.7. The fraction of sp³-hybridized carbons (Fsp3) is 0.421. The number of aryl methyl sites for hydroxylation is 1. The van der Waals surface area contributed by atoms with Gasteiger partial charge in [-0.05, 0) is 13.8 Å². The van der Waals surface area contributed by atoms with Crippen LogP contribution < -0.4 is 5.32 Å². The zero-order valence-corrected chi connectivity index (χ0v) is 17.5. The molecular weight excluding hydrogens is 398 g/mol. The molecule has 28 heavy (non-hydrogen) atoms. The van der Waals surface area contributed by atoms with Gasteiger partial charge in [0.2, 0.25) is 11.8 Å². The van der Waals surface area contributed by atoms with Gasteiger partial charge in [0.25, 0.3) is 0 Å². The molecule has 0 saturated carbocycles. The maximum absolute atomic E-state index is 12.4. The van der Waals surface area contributed by atoms with Gasteiger partial charge in [-0.1, -0.05) is 29.8 Å². The molecule has 0 spiro atoms. The fourth-order valence-corrected chi connectivity index (χ4v) is 4.97. The monoisotopic (exact) mass is 421 g/mol. The lowest BCUT2D eigenvalue weighted by molar-refractivity contribution is -0.135. The van der Waals surface area contributed by atoms with Crippen molar-refractivity contribution < 1.29 is 18.0 Å². The molecule has 1 atom stereocenters. The quantitative estimate of drug-likeness (QED) is 0.788. The SMILES string of the molecule is Cc1ccc(-c2nc(CC(=O)NC(C)C(=O)N3CCS(=O)(=O)CC3)cs2)cc1. The van der Waals surface area contributed by atoms with Crippen molar-refractivity contribution in [3.8, 4) is 10.6 Å². The lowest BCUT2D eigenvalue weighted by Gasteiger charge is -2.29. The van der Waals surface area contributed by atoms with E-state index in [1.807, 2.05) is 36.6 Å². The Bertz CT molecular complexity index is 953. The summed E-state index contributed by atoms with van der Waals surface area (Å²) < 4.78 is 23.0. The molecule has 0 bridgehead atoms. The summed E-state index contributed by atoms with van der Waals surface area (Å²) in [5.41, 5.74) is 2.83. The summed E-state index contributed by atoms with van der Waals surface area (Å²) in [5, 5.41) is 5.38. The van der Waals surface area contributed by atoms with Crippen molar-refractivity contribution in [2.45, 2.75) is 26.3 Å². The van der Waals surface area contributed by atoms with Crippen molar-refractivity contribution in [3.63, 3.8) is 0 Å². The van der Waals surface area contributed by atoms with E-state index in [0.29, 0.717) is 5.69 Å². The normalized spacial score (nSPS) is 17.1. The molecule has 1 aliphatic heterocycles. The predicted octanol–water partition coefficient (Wildman–Crippen LogP) is 1.42. The minimum absolute atomic E-state index is 0.0278. The second-order valence-electron chi connectivity index (χ2n) is 6.95. The number of aromatic nitrogens is 1. The molecule has 1 aromatic heterocycles. The van der Waals surface area contributed by atoms with E-state index in [1.165, 1.54) is 21.8 Å². The topological polar surface area (TPSA) is 96.4 Å². The summed E-state index contributed by atoms with van der Waals surface area (Å²) >= 11 is 1.48. The van der Waals surface area contributed by atoms with E-state index in [-0.39, 0.29) is 42.8 Å². The van der Waals surface area contributed by atoms with E-state index in [4.69, 9.17) is 0 Å². The predicted molar refractivity (Wildman–Crippen MR) is 109 cm³/mol. The van der Waals surface area contributed by atoms with Gasteiger partial charge in [0.1, 0.15) is 11.0 Å². The third-order valence-electron chi connectivity index (χ3n) is 4.60. The van der Waals surface area contributed by atoms with Crippen LogP contribution >= 0.6 is 11.3 Å². The number of benzene rings is 1. The molecule has 9 heteroatoms. The van der Waals surface area contributed by atoms with Crippen molar-refractivity contribution in [3.05, 3.63) is 40.9 Å². The molecule has 2 amide bonds. The summed E-state index contributed by atoms with van der Waals surface area (Å²) in [6.45, 7) is 3.98. The number of carbonyl (C=O) groups is 2. The molecule has 150 valence electrons. The molecule has 1 aromatic carbocycles.